The van der Waals surface area contributed by atoms with Gasteiger partial charge in [-0.25, -0.2) is 4.79 Å². The fourth-order valence-corrected chi connectivity index (χ4v) is 3.96. The molecule has 0 radical (unpaired) electrons. The molecule has 2 aliphatic rings. The van der Waals surface area contributed by atoms with Crippen LogP contribution in [0.25, 0.3) is 0 Å². The maximum atomic E-state index is 13.1. The Hall–Kier alpha value is -2.37. The third-order valence-corrected chi connectivity index (χ3v) is 5.50. The van der Waals surface area contributed by atoms with Gasteiger partial charge in [-0.3, -0.25) is 14.5 Å². The number of hydrogen-bond acceptors (Lipinski definition) is 4. The largest absolute Gasteiger partial charge is 0.496 e. The summed E-state index contributed by atoms with van der Waals surface area (Å²) in [6.07, 6.45) is 4.45. The van der Waals surface area contributed by atoms with Gasteiger partial charge in [0.15, 0.2) is 5.78 Å². The Morgan fingerprint density at radius 2 is 1.88 bits per heavy atom. The van der Waals surface area contributed by atoms with Crippen molar-refractivity contribution in [1.29, 1.82) is 0 Å². The molecule has 1 saturated carbocycles. The van der Waals surface area contributed by atoms with Crippen LogP contribution in [-0.2, 0) is 11.3 Å². The zero-order valence-electron chi connectivity index (χ0n) is 15.0. The summed E-state index contributed by atoms with van der Waals surface area (Å²) in [7, 11) is 3.25. The SMILES string of the molecule is COc1ccc(C(C)=O)cc1CN1C(=O)N(C)C2(CCCCC2)C1=O. The van der Waals surface area contributed by atoms with Crippen molar-refractivity contribution < 1.29 is 19.1 Å². The number of ketones is 1. The summed E-state index contributed by atoms with van der Waals surface area (Å²) in [6.45, 7) is 1.61. The normalized spacial score (nSPS) is 19.6. The van der Waals surface area contributed by atoms with Crippen LogP contribution in [-0.4, -0.2) is 47.2 Å². The minimum Gasteiger partial charge on any atom is -0.496 e. The molecule has 0 aromatic heterocycles. The first-order valence-corrected chi connectivity index (χ1v) is 8.68. The molecule has 1 heterocycles. The van der Waals surface area contributed by atoms with E-state index in [2.05, 4.69) is 0 Å². The Balaban J connectivity index is 1.93. The summed E-state index contributed by atoms with van der Waals surface area (Å²) in [6, 6.07) is 4.82. The van der Waals surface area contributed by atoms with E-state index < -0.39 is 5.54 Å². The first kappa shape index (κ1) is 17.5. The quantitative estimate of drug-likeness (QED) is 0.622. The number of hydrogen-bond donors (Lipinski definition) is 0. The van der Waals surface area contributed by atoms with Crippen LogP contribution in [0.4, 0.5) is 4.79 Å². The molecule has 25 heavy (non-hydrogen) atoms. The van der Waals surface area contributed by atoms with E-state index in [0.29, 0.717) is 16.9 Å². The van der Waals surface area contributed by atoms with Crippen molar-refractivity contribution in [3.05, 3.63) is 29.3 Å². The second kappa shape index (κ2) is 6.50. The van der Waals surface area contributed by atoms with Crippen molar-refractivity contribution in [2.24, 2.45) is 0 Å². The molecule has 134 valence electrons. The van der Waals surface area contributed by atoms with Gasteiger partial charge in [0.2, 0.25) is 0 Å². The van der Waals surface area contributed by atoms with Crippen molar-refractivity contribution in [2.75, 3.05) is 14.2 Å². The molecule has 0 atom stereocenters. The highest BCUT2D eigenvalue weighted by Gasteiger charge is 2.55. The van der Waals surface area contributed by atoms with E-state index in [0.717, 1.165) is 32.1 Å². The average molecular weight is 344 g/mol. The summed E-state index contributed by atoms with van der Waals surface area (Å²) in [4.78, 5) is 40.4. The molecule has 2 fully saturated rings. The molecule has 1 aromatic rings. The summed E-state index contributed by atoms with van der Waals surface area (Å²) < 4.78 is 5.35. The molecule has 0 unspecified atom stereocenters. The number of likely N-dealkylation sites (N-methyl/N-ethyl adjacent to an activating group) is 1. The number of carbonyl (C=O) groups is 3. The lowest BCUT2D eigenvalue weighted by molar-refractivity contribution is -0.134. The molecule has 1 aromatic carbocycles. The Labute approximate surface area is 147 Å². The maximum absolute atomic E-state index is 13.1. The molecule has 1 spiro atoms. The Bertz CT molecular complexity index is 722. The number of Topliss-reactive ketones (excluding diaryl/α,β-unsaturated/α-hetero) is 1. The van der Waals surface area contributed by atoms with Crippen molar-refractivity contribution in [3.8, 4) is 5.75 Å². The van der Waals surface area contributed by atoms with Gasteiger partial charge < -0.3 is 9.64 Å². The number of methoxy groups -OCH3 is 1. The van der Waals surface area contributed by atoms with Crippen molar-refractivity contribution in [1.82, 2.24) is 9.80 Å². The molecule has 3 amide bonds. The predicted octanol–water partition coefficient (Wildman–Crippen LogP) is 2.99. The maximum Gasteiger partial charge on any atom is 0.327 e. The average Bonchev–Trinajstić information content (AvgIpc) is 2.78. The lowest BCUT2D eigenvalue weighted by Gasteiger charge is -2.35. The zero-order chi connectivity index (χ0) is 18.2. The number of imide groups is 1. The van der Waals surface area contributed by atoms with Crippen LogP contribution < -0.4 is 4.74 Å². The standard InChI is InChI=1S/C19H24N2O4/c1-13(22)14-7-8-16(25-3)15(11-14)12-21-17(23)19(20(2)18(21)24)9-5-4-6-10-19/h7-8,11H,4-6,9-10,12H2,1-3H3. The second-order valence-corrected chi connectivity index (χ2v) is 6.91. The summed E-state index contributed by atoms with van der Waals surface area (Å²) in [5.41, 5.74) is 0.509. The van der Waals surface area contributed by atoms with Crippen LogP contribution in [0.2, 0.25) is 0 Å². The van der Waals surface area contributed by atoms with E-state index in [1.54, 1.807) is 30.1 Å². The monoisotopic (exact) mass is 344 g/mol. The lowest BCUT2D eigenvalue weighted by atomic mass is 9.80. The van der Waals surface area contributed by atoms with Crippen LogP contribution in [0.5, 0.6) is 5.75 Å². The van der Waals surface area contributed by atoms with Crippen LogP contribution in [0.1, 0.15) is 54.9 Å². The third-order valence-electron chi connectivity index (χ3n) is 5.50. The number of amides is 3. The van der Waals surface area contributed by atoms with Gasteiger partial charge in [0.05, 0.1) is 13.7 Å². The molecule has 6 heteroatoms. The summed E-state index contributed by atoms with van der Waals surface area (Å²) in [5, 5.41) is 0. The van der Waals surface area contributed by atoms with Gasteiger partial charge in [0.1, 0.15) is 11.3 Å². The topological polar surface area (TPSA) is 66.9 Å². The third kappa shape index (κ3) is 2.79. The first-order chi connectivity index (χ1) is 11.9. The highest BCUT2D eigenvalue weighted by atomic mass is 16.5. The highest BCUT2D eigenvalue weighted by Crippen LogP contribution is 2.40. The Kier molecular flexibility index (Phi) is 4.54. The Morgan fingerprint density at radius 1 is 1.20 bits per heavy atom. The minimum absolute atomic E-state index is 0.0659. The van der Waals surface area contributed by atoms with E-state index in [-0.39, 0.29) is 24.3 Å². The van der Waals surface area contributed by atoms with Gasteiger partial charge in [-0.05, 0) is 38.0 Å². The first-order valence-electron chi connectivity index (χ1n) is 8.68. The van der Waals surface area contributed by atoms with E-state index >= 15 is 0 Å². The van der Waals surface area contributed by atoms with Crippen LogP contribution in [0.15, 0.2) is 18.2 Å². The van der Waals surface area contributed by atoms with Crippen molar-refractivity contribution in [2.45, 2.75) is 51.1 Å². The zero-order valence-corrected chi connectivity index (χ0v) is 15.0. The van der Waals surface area contributed by atoms with E-state index in [9.17, 15) is 14.4 Å². The van der Waals surface area contributed by atoms with E-state index in [4.69, 9.17) is 4.74 Å². The number of benzene rings is 1. The van der Waals surface area contributed by atoms with Crippen LogP contribution >= 0.6 is 0 Å². The van der Waals surface area contributed by atoms with E-state index in [1.165, 1.54) is 18.9 Å². The second-order valence-electron chi connectivity index (χ2n) is 6.91. The Morgan fingerprint density at radius 3 is 2.48 bits per heavy atom. The van der Waals surface area contributed by atoms with Gasteiger partial charge in [-0.1, -0.05) is 19.3 Å². The molecule has 0 bridgehead atoms. The summed E-state index contributed by atoms with van der Waals surface area (Å²) >= 11 is 0. The smallest absolute Gasteiger partial charge is 0.327 e. The van der Waals surface area contributed by atoms with E-state index in [1.807, 2.05) is 0 Å². The molecular formula is C19H24N2O4. The molecule has 0 N–H and O–H groups in total. The van der Waals surface area contributed by atoms with Crippen LogP contribution in [0.3, 0.4) is 0 Å². The molecule has 1 aliphatic carbocycles. The predicted molar refractivity (Wildman–Crippen MR) is 92.5 cm³/mol. The molecule has 1 aliphatic heterocycles. The fraction of sp³-hybridized carbons (Fsp3) is 0.526. The molecule has 3 rings (SSSR count). The van der Waals surface area contributed by atoms with Gasteiger partial charge in [-0.2, -0.15) is 0 Å². The fourth-order valence-electron chi connectivity index (χ4n) is 3.96. The number of ether oxygens (including phenoxy) is 1. The van der Waals surface area contributed by atoms with Crippen molar-refractivity contribution in [3.63, 3.8) is 0 Å². The number of carbonyl (C=O) groups excluding carboxylic acids is 3. The molecular weight excluding hydrogens is 320 g/mol. The van der Waals surface area contributed by atoms with Gasteiger partial charge in [0.25, 0.3) is 5.91 Å². The van der Waals surface area contributed by atoms with Crippen LogP contribution in [0, 0.1) is 0 Å². The van der Waals surface area contributed by atoms with Gasteiger partial charge >= 0.3 is 6.03 Å². The minimum atomic E-state index is -0.694. The number of urea groups is 1. The molecule has 6 nitrogen and oxygen atoms in total. The van der Waals surface area contributed by atoms with Gasteiger partial charge in [0, 0.05) is 18.2 Å². The van der Waals surface area contributed by atoms with Crippen molar-refractivity contribution >= 4 is 17.7 Å². The lowest BCUT2D eigenvalue weighted by Crippen LogP contribution is -2.49. The summed E-state index contributed by atoms with van der Waals surface area (Å²) in [5.74, 6) is 0.372. The molecule has 1 saturated heterocycles. The van der Waals surface area contributed by atoms with Gasteiger partial charge in [-0.15, -0.1) is 0 Å². The number of rotatable bonds is 4. The number of nitrogens with zero attached hydrogens (tertiary/aromatic N) is 2. The highest BCUT2D eigenvalue weighted by molar-refractivity contribution is 6.07.